The van der Waals surface area contributed by atoms with Crippen LogP contribution < -0.4 is 5.73 Å². The Labute approximate surface area is 170 Å². The predicted octanol–water partition coefficient (Wildman–Crippen LogP) is 0.459. The van der Waals surface area contributed by atoms with E-state index in [4.69, 9.17) is 19.9 Å². The van der Waals surface area contributed by atoms with Crippen molar-refractivity contribution in [3.05, 3.63) is 40.5 Å². The van der Waals surface area contributed by atoms with Crippen molar-refractivity contribution in [2.45, 2.75) is 37.3 Å². The molecule has 1 aliphatic heterocycles. The van der Waals surface area contributed by atoms with Crippen LogP contribution in [0.3, 0.4) is 0 Å². The highest BCUT2D eigenvalue weighted by molar-refractivity contribution is 9.10. The van der Waals surface area contributed by atoms with Crippen LogP contribution in [-0.2, 0) is 20.8 Å². The largest absolute Gasteiger partial charge is 0.394 e. The summed E-state index contributed by atoms with van der Waals surface area (Å²) < 4.78 is 17.0. The number of rotatable bonds is 6. The maximum absolute atomic E-state index is 10.3. The molecule has 1 aromatic heterocycles. The highest BCUT2D eigenvalue weighted by atomic mass is 79.9. The van der Waals surface area contributed by atoms with Crippen LogP contribution in [0.15, 0.2) is 34.8 Å². The van der Waals surface area contributed by atoms with Crippen LogP contribution in [-0.4, -0.2) is 69.7 Å². The van der Waals surface area contributed by atoms with Crippen LogP contribution in [0.1, 0.15) is 5.69 Å². The Morgan fingerprint density at radius 3 is 2.54 bits per heavy atom. The highest BCUT2D eigenvalue weighted by Crippen LogP contribution is 2.26. The third-order valence-corrected chi connectivity index (χ3v) is 4.94. The summed E-state index contributed by atoms with van der Waals surface area (Å²) in [5.41, 5.74) is 7.77. The summed E-state index contributed by atoms with van der Waals surface area (Å²) in [6.07, 6.45) is -5.49. The molecule has 0 spiro atoms. The summed E-state index contributed by atoms with van der Waals surface area (Å²) in [7, 11) is 1.35. The normalized spacial score (nSPS) is 27.7. The van der Waals surface area contributed by atoms with E-state index in [1.165, 1.54) is 7.11 Å². The molecule has 9 nitrogen and oxygen atoms in total. The van der Waals surface area contributed by atoms with E-state index in [2.05, 4.69) is 25.9 Å². The van der Waals surface area contributed by atoms with Gasteiger partial charge in [-0.3, -0.25) is 0 Å². The van der Waals surface area contributed by atoms with Gasteiger partial charge in [0, 0.05) is 17.1 Å². The quantitative estimate of drug-likeness (QED) is 0.488. The van der Waals surface area contributed by atoms with E-state index in [1.807, 2.05) is 24.3 Å². The van der Waals surface area contributed by atoms with Crippen LogP contribution in [0, 0.1) is 0 Å². The van der Waals surface area contributed by atoms with Gasteiger partial charge in [-0.2, -0.15) is 0 Å². The van der Waals surface area contributed by atoms with Gasteiger partial charge in [0.05, 0.1) is 24.6 Å². The number of hydrogen-bond donors (Lipinski definition) is 4. The van der Waals surface area contributed by atoms with Gasteiger partial charge in [-0.25, -0.2) is 9.97 Å². The number of aliphatic hydroxyl groups is 3. The topological polar surface area (TPSA) is 140 Å². The van der Waals surface area contributed by atoms with Gasteiger partial charge in [-0.05, 0) is 18.2 Å². The zero-order valence-electron chi connectivity index (χ0n) is 15.1. The van der Waals surface area contributed by atoms with Crippen molar-refractivity contribution >= 4 is 21.9 Å². The molecule has 1 aliphatic rings. The smallest absolute Gasteiger partial charge is 0.220 e. The Bertz CT molecular complexity index is 777. The summed E-state index contributed by atoms with van der Waals surface area (Å²) in [4.78, 5) is 8.38. The molecule has 3 rings (SSSR count). The highest BCUT2D eigenvalue weighted by Gasteiger charge is 2.45. The number of nitrogens with two attached hydrogens (primary N) is 1. The van der Waals surface area contributed by atoms with Gasteiger partial charge in [0.25, 0.3) is 0 Å². The number of methoxy groups -OCH3 is 1. The minimum absolute atomic E-state index is 0.0381. The number of nitrogens with zero attached hydrogens (tertiary/aromatic N) is 2. The minimum atomic E-state index is -1.24. The fraction of sp³-hybridized carbons (Fsp3) is 0.444. The van der Waals surface area contributed by atoms with Crippen LogP contribution in [0.25, 0.3) is 11.3 Å². The number of benzene rings is 1. The monoisotopic (exact) mass is 455 g/mol. The van der Waals surface area contributed by atoms with Gasteiger partial charge in [0.2, 0.25) is 5.95 Å². The maximum Gasteiger partial charge on any atom is 0.220 e. The van der Waals surface area contributed by atoms with Crippen molar-refractivity contribution < 1.29 is 29.5 Å². The van der Waals surface area contributed by atoms with E-state index in [-0.39, 0.29) is 12.6 Å². The lowest BCUT2D eigenvalue weighted by molar-refractivity contribution is -0.303. The molecule has 2 heterocycles. The molecule has 1 fully saturated rings. The molecule has 28 heavy (non-hydrogen) atoms. The minimum Gasteiger partial charge on any atom is -0.394 e. The Balaban J connectivity index is 1.77. The summed E-state index contributed by atoms with van der Waals surface area (Å²) >= 11 is 3.39. The summed E-state index contributed by atoms with van der Waals surface area (Å²) in [5.74, 6) is 0.0788. The first-order chi connectivity index (χ1) is 13.4. The second kappa shape index (κ2) is 9.23. The molecule has 0 unspecified atom stereocenters. The van der Waals surface area contributed by atoms with Crippen molar-refractivity contribution in [3.8, 4) is 11.3 Å². The first-order valence-corrected chi connectivity index (χ1v) is 9.38. The fourth-order valence-electron chi connectivity index (χ4n) is 2.99. The maximum atomic E-state index is 10.3. The zero-order valence-corrected chi connectivity index (χ0v) is 16.7. The second-order valence-corrected chi connectivity index (χ2v) is 7.24. The van der Waals surface area contributed by atoms with Crippen LogP contribution >= 0.6 is 15.9 Å². The molecule has 2 aromatic rings. The van der Waals surface area contributed by atoms with Crippen LogP contribution in [0.2, 0.25) is 0 Å². The first kappa shape index (κ1) is 21.1. The van der Waals surface area contributed by atoms with Crippen molar-refractivity contribution in [1.82, 2.24) is 9.97 Å². The fourth-order valence-corrected chi connectivity index (χ4v) is 3.25. The molecule has 152 valence electrons. The standard InChI is InChI=1S/C18H22BrN3O6/c1-26-17-15(25)16(14(24)13(7-23)28-17)27-8-11-6-12(22-18(20)21-11)9-2-4-10(19)5-3-9/h2-6,13-17,23-25H,7-8H2,1H3,(H2,20,21,22)/t13-,14+,15-,16+,17-/m1/s1. The molecule has 0 amide bonds. The molecular weight excluding hydrogens is 434 g/mol. The van der Waals surface area contributed by atoms with Crippen molar-refractivity contribution in [1.29, 1.82) is 0 Å². The molecule has 5 N–H and O–H groups in total. The summed E-state index contributed by atoms with van der Waals surface area (Å²) in [6, 6.07) is 9.26. The van der Waals surface area contributed by atoms with E-state index >= 15 is 0 Å². The number of anilines is 1. The number of nitrogen functional groups attached to an aromatic ring is 1. The van der Waals surface area contributed by atoms with Gasteiger partial charge in [-0.1, -0.05) is 28.1 Å². The van der Waals surface area contributed by atoms with Gasteiger partial charge < -0.3 is 35.3 Å². The Morgan fingerprint density at radius 2 is 1.89 bits per heavy atom. The Kier molecular flexibility index (Phi) is 6.94. The van der Waals surface area contributed by atoms with Crippen LogP contribution in [0.4, 0.5) is 5.95 Å². The lowest BCUT2D eigenvalue weighted by Crippen LogP contribution is -2.59. The van der Waals surface area contributed by atoms with Gasteiger partial charge in [0.1, 0.15) is 24.4 Å². The Morgan fingerprint density at radius 1 is 1.18 bits per heavy atom. The van der Waals surface area contributed by atoms with Gasteiger partial charge >= 0.3 is 0 Å². The average molecular weight is 456 g/mol. The zero-order chi connectivity index (χ0) is 20.3. The molecule has 0 aliphatic carbocycles. The molecule has 1 aromatic carbocycles. The molecule has 5 atom stereocenters. The third kappa shape index (κ3) is 4.66. The van der Waals surface area contributed by atoms with Crippen molar-refractivity contribution in [3.63, 3.8) is 0 Å². The molecule has 1 saturated heterocycles. The van der Waals surface area contributed by atoms with E-state index in [0.717, 1.165) is 10.0 Å². The summed E-state index contributed by atoms with van der Waals surface area (Å²) in [5, 5.41) is 30.0. The number of ether oxygens (including phenoxy) is 3. The lowest BCUT2D eigenvalue weighted by atomic mass is 9.99. The number of halogens is 1. The number of aliphatic hydroxyl groups excluding tert-OH is 3. The predicted molar refractivity (Wildman–Crippen MR) is 103 cm³/mol. The van der Waals surface area contributed by atoms with E-state index in [9.17, 15) is 15.3 Å². The average Bonchev–Trinajstić information content (AvgIpc) is 2.68. The van der Waals surface area contributed by atoms with E-state index in [0.29, 0.717) is 11.4 Å². The Hall–Kier alpha value is -1.66. The second-order valence-electron chi connectivity index (χ2n) is 6.33. The molecular formula is C18H22BrN3O6. The van der Waals surface area contributed by atoms with Crippen molar-refractivity contribution in [2.24, 2.45) is 0 Å². The van der Waals surface area contributed by atoms with Crippen LogP contribution in [0.5, 0.6) is 0 Å². The SMILES string of the molecule is CO[C@@H]1O[C@H](CO)[C@H](O)[C@H](OCc2cc(-c3ccc(Br)cc3)nc(N)n2)[C@H]1O. The molecule has 0 radical (unpaired) electrons. The summed E-state index contributed by atoms with van der Waals surface area (Å²) in [6.45, 7) is -0.481. The molecule has 0 saturated carbocycles. The first-order valence-electron chi connectivity index (χ1n) is 8.59. The van der Waals surface area contributed by atoms with E-state index in [1.54, 1.807) is 6.07 Å². The molecule has 10 heteroatoms. The lowest BCUT2D eigenvalue weighted by Gasteiger charge is -2.41. The van der Waals surface area contributed by atoms with Gasteiger partial charge in [-0.15, -0.1) is 0 Å². The van der Waals surface area contributed by atoms with E-state index < -0.39 is 37.3 Å². The van der Waals surface area contributed by atoms with Gasteiger partial charge in [0.15, 0.2) is 6.29 Å². The molecule has 0 bridgehead atoms. The third-order valence-electron chi connectivity index (χ3n) is 4.41. The number of aromatic nitrogens is 2. The van der Waals surface area contributed by atoms with Crippen molar-refractivity contribution in [2.75, 3.05) is 19.5 Å². The number of hydrogen-bond acceptors (Lipinski definition) is 9.